The van der Waals surface area contributed by atoms with E-state index in [0.717, 1.165) is 17.2 Å². The van der Waals surface area contributed by atoms with Crippen LogP contribution in [0.25, 0.3) is 12.2 Å². The molecule has 0 aromatic carbocycles. The Balaban J connectivity index is 0. The second-order valence-electron chi connectivity index (χ2n) is 2.09. The topological polar surface area (TPSA) is 26.0 Å². The average Bonchev–Trinajstić information content (AvgIpc) is 2.61. The fourth-order valence-corrected chi connectivity index (χ4v) is 0.907. The Morgan fingerprint density at radius 2 is 1.93 bits per heavy atom. The van der Waals surface area contributed by atoms with Crippen LogP contribution in [-0.4, -0.2) is 4.98 Å². The van der Waals surface area contributed by atoms with Gasteiger partial charge >= 0.3 is 0 Å². The van der Waals surface area contributed by atoms with Crippen molar-refractivity contribution in [1.82, 2.24) is 4.98 Å². The third kappa shape index (κ3) is 5.74. The number of fused-ring (bicyclic) bond motifs is 1. The summed E-state index contributed by atoms with van der Waals surface area (Å²) in [6.45, 7) is 8.00. The van der Waals surface area contributed by atoms with Gasteiger partial charge in [-0.05, 0) is 17.2 Å². The van der Waals surface area contributed by atoms with Gasteiger partial charge in [0.05, 0.1) is 0 Å². The molecule has 2 rings (SSSR count). The molecule has 0 aliphatic heterocycles. The minimum absolute atomic E-state index is 0. The molecular weight excluding hydrogens is 358 g/mol. The number of allylic oxidation sites excluding steroid dienone is 2. The zero-order valence-corrected chi connectivity index (χ0v) is 12.7. The zero-order valence-electron chi connectivity index (χ0n) is 9.78. The predicted octanol–water partition coefficient (Wildman–Crippen LogP) is 2.05. The largest absolute Gasteiger partial charge is 0.574 e. The van der Waals surface area contributed by atoms with Gasteiger partial charge in [-0.3, -0.25) is 0 Å². The molecule has 0 atom stereocenters. The van der Waals surface area contributed by atoms with Crippen LogP contribution in [-0.2, 0) is 21.1 Å². The van der Waals surface area contributed by atoms with Crippen molar-refractivity contribution in [3.05, 3.63) is 29.3 Å². The van der Waals surface area contributed by atoms with E-state index in [-0.39, 0.29) is 21.1 Å². The van der Waals surface area contributed by atoms with Gasteiger partial charge in [-0.15, -0.1) is 12.2 Å². The Morgan fingerprint density at radius 1 is 1.27 bits per heavy atom. The summed E-state index contributed by atoms with van der Waals surface area (Å²) in [5, 5.41) is 0.869. The van der Waals surface area contributed by atoms with E-state index in [0.29, 0.717) is 0 Å². The Bertz CT molecular complexity index is 365. The van der Waals surface area contributed by atoms with Crippen LogP contribution in [0.3, 0.4) is 0 Å². The first-order chi connectivity index (χ1) is 6.97. The summed E-state index contributed by atoms with van der Waals surface area (Å²) in [6, 6.07) is 0. The molecule has 1 aliphatic rings. The summed E-state index contributed by atoms with van der Waals surface area (Å²) < 4.78 is 4.97. The summed E-state index contributed by atoms with van der Waals surface area (Å²) in [4.78, 5) is 3.89. The van der Waals surface area contributed by atoms with E-state index in [1.54, 1.807) is 0 Å². The van der Waals surface area contributed by atoms with Crippen LogP contribution in [0.4, 0.5) is 0 Å². The molecule has 0 N–H and O–H groups in total. The first-order valence-corrected chi connectivity index (χ1v) is 5.17. The third-order valence-corrected chi connectivity index (χ3v) is 1.40. The minimum Gasteiger partial charge on any atom is -0.574 e. The third-order valence-electron chi connectivity index (χ3n) is 1.40. The molecular formula is C12H18NOW-. The molecule has 0 bridgehead atoms. The van der Waals surface area contributed by atoms with E-state index in [9.17, 15) is 0 Å². The van der Waals surface area contributed by atoms with E-state index in [4.69, 9.17) is 4.42 Å². The maximum Gasteiger partial charge on any atom is 0.103 e. The smallest absolute Gasteiger partial charge is 0.103 e. The van der Waals surface area contributed by atoms with Gasteiger partial charge < -0.3 is 9.40 Å². The molecule has 1 heterocycles. The van der Waals surface area contributed by atoms with Crippen LogP contribution < -0.4 is 10.8 Å². The Hall–Kier alpha value is -0.622. The zero-order chi connectivity index (χ0) is 10.8. The molecule has 1 aromatic rings. The van der Waals surface area contributed by atoms with Crippen LogP contribution in [0.2, 0.25) is 0 Å². The Kier molecular flexibility index (Phi) is 12.8. The van der Waals surface area contributed by atoms with Crippen molar-refractivity contribution in [1.29, 1.82) is 0 Å². The molecule has 3 heteroatoms. The normalized spacial score (nSPS) is 10.7. The summed E-state index contributed by atoms with van der Waals surface area (Å²) >= 11 is 0. The summed E-state index contributed by atoms with van der Waals surface area (Å²) in [7, 11) is 0. The molecule has 0 fully saturated rings. The maximum absolute atomic E-state index is 4.97. The van der Waals surface area contributed by atoms with Crippen LogP contribution in [0.15, 0.2) is 16.6 Å². The van der Waals surface area contributed by atoms with Gasteiger partial charge in [-0.1, -0.05) is 39.8 Å². The van der Waals surface area contributed by atoms with E-state index >= 15 is 0 Å². The van der Waals surface area contributed by atoms with E-state index in [1.165, 1.54) is 0 Å². The second-order valence-corrected chi connectivity index (χ2v) is 2.09. The van der Waals surface area contributed by atoms with Gasteiger partial charge in [-0.25, -0.2) is 0 Å². The molecule has 15 heavy (non-hydrogen) atoms. The van der Waals surface area contributed by atoms with Crippen LogP contribution >= 0.6 is 0 Å². The number of aromatic nitrogens is 1. The second kappa shape index (κ2) is 11.5. The van der Waals surface area contributed by atoms with Crippen molar-refractivity contribution in [2.45, 2.75) is 34.1 Å². The number of hydrogen-bond acceptors (Lipinski definition) is 2. The van der Waals surface area contributed by atoms with Gasteiger partial charge in [0, 0.05) is 21.1 Å². The fraction of sp³-hybridized carbons (Fsp3) is 0.417. The molecule has 84 valence electrons. The molecule has 0 unspecified atom stereocenters. The monoisotopic (exact) mass is 376 g/mol. The van der Waals surface area contributed by atoms with Gasteiger partial charge in [0.2, 0.25) is 0 Å². The van der Waals surface area contributed by atoms with E-state index in [1.807, 2.05) is 45.9 Å². The quantitative estimate of drug-likeness (QED) is 0.648. The molecule has 1 aliphatic carbocycles. The summed E-state index contributed by atoms with van der Waals surface area (Å²) in [5.41, 5.74) is 0.824. The van der Waals surface area contributed by atoms with Crippen molar-refractivity contribution in [2.75, 3.05) is 0 Å². The van der Waals surface area contributed by atoms with E-state index < -0.39 is 0 Å². The van der Waals surface area contributed by atoms with E-state index in [2.05, 4.69) is 17.5 Å². The van der Waals surface area contributed by atoms with Gasteiger partial charge in [0.15, 0.2) is 0 Å². The fourth-order valence-electron chi connectivity index (χ4n) is 0.907. The molecule has 0 amide bonds. The molecule has 0 saturated heterocycles. The SMILES string of the molecule is CC.CC.[W].[c-]1nc2c(o1)=CCC=CC=2. The van der Waals surface area contributed by atoms with Gasteiger partial charge in [0.1, 0.15) is 6.39 Å². The molecule has 0 saturated carbocycles. The average molecular weight is 376 g/mol. The maximum atomic E-state index is 4.97. The standard InChI is InChI=1S/C8H6NO.2C2H6.W/c1-2-4-7-8(5-3-1)10-6-9-7;2*1-2;/h1-2,4-5H,3H2;2*1-2H3;/q-1;;;. The van der Waals surface area contributed by atoms with Crippen molar-refractivity contribution in [3.8, 4) is 0 Å². The number of rotatable bonds is 0. The first kappa shape index (κ1) is 16.8. The minimum atomic E-state index is 0. The van der Waals surface area contributed by atoms with Crippen molar-refractivity contribution >= 4 is 12.2 Å². The number of nitrogens with zero attached hydrogens (tertiary/aromatic N) is 1. The van der Waals surface area contributed by atoms with Crippen LogP contribution in [0.1, 0.15) is 34.1 Å². The van der Waals surface area contributed by atoms with Crippen molar-refractivity contribution in [3.63, 3.8) is 0 Å². The van der Waals surface area contributed by atoms with Crippen molar-refractivity contribution in [2.24, 2.45) is 0 Å². The van der Waals surface area contributed by atoms with Crippen molar-refractivity contribution < 1.29 is 25.5 Å². The predicted molar refractivity (Wildman–Crippen MR) is 60.0 cm³/mol. The summed E-state index contributed by atoms with van der Waals surface area (Å²) in [6.07, 6.45) is 11.3. The van der Waals surface area contributed by atoms with Crippen LogP contribution in [0, 0.1) is 6.39 Å². The first-order valence-electron chi connectivity index (χ1n) is 5.17. The molecule has 0 radical (unpaired) electrons. The summed E-state index contributed by atoms with van der Waals surface area (Å²) in [5.74, 6) is 0. The molecule has 0 spiro atoms. The number of oxazole rings is 1. The van der Waals surface area contributed by atoms with Crippen LogP contribution in [0.5, 0.6) is 0 Å². The number of hydrogen-bond donors (Lipinski definition) is 0. The van der Waals surface area contributed by atoms with Gasteiger partial charge in [0.25, 0.3) is 0 Å². The Labute approximate surface area is 106 Å². The van der Waals surface area contributed by atoms with Gasteiger partial charge in [-0.2, -0.15) is 0 Å². The Morgan fingerprint density at radius 3 is 2.60 bits per heavy atom. The molecule has 2 nitrogen and oxygen atoms in total. The molecule has 1 aromatic heterocycles.